The van der Waals surface area contributed by atoms with Gasteiger partial charge in [-0.1, -0.05) is 17.7 Å². The lowest BCUT2D eigenvalue weighted by molar-refractivity contribution is -0.143. The molecule has 3 rings (SSSR count). The van der Waals surface area contributed by atoms with Crippen LogP contribution in [-0.2, 0) is 15.7 Å². The Hall–Kier alpha value is -2.63. The van der Waals surface area contributed by atoms with Crippen molar-refractivity contribution in [2.75, 3.05) is 53.0 Å². The van der Waals surface area contributed by atoms with E-state index in [1.165, 1.54) is 29.2 Å². The molecule has 0 radical (unpaired) electrons. The molecule has 2 amide bonds. The molecule has 0 aliphatic carbocycles. The molecular weight excluding hydrogens is 463 g/mol. The molecule has 2 aromatic rings. The molecule has 0 atom stereocenters. The second kappa shape index (κ2) is 11.0. The van der Waals surface area contributed by atoms with Gasteiger partial charge in [0.1, 0.15) is 0 Å². The summed E-state index contributed by atoms with van der Waals surface area (Å²) in [5.74, 6) is -0.896. The van der Waals surface area contributed by atoms with E-state index in [-0.39, 0.29) is 36.3 Å². The Bertz CT molecular complexity index is 974. The van der Waals surface area contributed by atoms with E-state index in [1.807, 2.05) is 4.90 Å². The highest BCUT2D eigenvalue weighted by Gasteiger charge is 2.41. The van der Waals surface area contributed by atoms with E-state index in [9.17, 15) is 22.8 Å². The quantitative estimate of drug-likeness (QED) is 0.579. The number of halogens is 4. The molecule has 0 spiro atoms. The summed E-state index contributed by atoms with van der Waals surface area (Å²) in [6.45, 7) is 2.37. The minimum atomic E-state index is -4.80. The summed E-state index contributed by atoms with van der Waals surface area (Å²) >= 11 is 5.91. The number of carbonyl (C=O) groups is 2. The van der Waals surface area contributed by atoms with Crippen molar-refractivity contribution in [2.45, 2.75) is 12.6 Å². The molecule has 2 heterocycles. The van der Waals surface area contributed by atoms with Crippen LogP contribution in [0.3, 0.4) is 0 Å². The predicted octanol–water partition coefficient (Wildman–Crippen LogP) is 2.46. The van der Waals surface area contributed by atoms with Crippen LogP contribution in [0.4, 0.5) is 13.2 Å². The Balaban J connectivity index is 1.66. The molecule has 1 saturated heterocycles. The number of rotatable bonds is 8. The van der Waals surface area contributed by atoms with Gasteiger partial charge < -0.3 is 15.0 Å². The number of nitrogens with zero attached hydrogens (tertiary/aromatic N) is 4. The van der Waals surface area contributed by atoms with Crippen molar-refractivity contribution in [3.63, 3.8) is 0 Å². The number of carbonyl (C=O) groups excluding carboxylic acids is 2. The van der Waals surface area contributed by atoms with Crippen molar-refractivity contribution in [3.8, 4) is 5.69 Å². The molecule has 0 bridgehead atoms. The van der Waals surface area contributed by atoms with E-state index in [2.05, 4.69) is 10.4 Å². The van der Waals surface area contributed by atoms with Crippen molar-refractivity contribution in [3.05, 3.63) is 46.7 Å². The van der Waals surface area contributed by atoms with Gasteiger partial charge in [-0.05, 0) is 24.6 Å². The molecule has 1 aromatic heterocycles. The number of nitrogens with one attached hydrogen (secondary N) is 1. The molecule has 0 unspecified atom stereocenters. The Labute approximate surface area is 194 Å². The van der Waals surface area contributed by atoms with E-state index in [4.69, 9.17) is 16.3 Å². The zero-order valence-corrected chi connectivity index (χ0v) is 18.8. The fourth-order valence-corrected chi connectivity index (χ4v) is 3.75. The topological polar surface area (TPSA) is 79.7 Å². The van der Waals surface area contributed by atoms with E-state index in [0.29, 0.717) is 37.3 Å². The number of aromatic nitrogens is 2. The maximum atomic E-state index is 13.9. The van der Waals surface area contributed by atoms with Gasteiger partial charge in [-0.25, -0.2) is 4.68 Å². The first-order chi connectivity index (χ1) is 15.7. The van der Waals surface area contributed by atoms with Gasteiger partial charge in [0.2, 0.25) is 5.91 Å². The molecule has 12 heteroatoms. The lowest BCUT2D eigenvalue weighted by atomic mass is 10.1. The van der Waals surface area contributed by atoms with Crippen molar-refractivity contribution >= 4 is 23.4 Å². The summed E-state index contributed by atoms with van der Waals surface area (Å²) in [5, 5.41) is 6.86. The van der Waals surface area contributed by atoms with Crippen LogP contribution in [0.1, 0.15) is 22.5 Å². The molecule has 1 aliphatic rings. The average Bonchev–Trinajstić information content (AvgIpc) is 3.23. The average molecular weight is 488 g/mol. The van der Waals surface area contributed by atoms with Gasteiger partial charge >= 0.3 is 6.18 Å². The molecule has 33 heavy (non-hydrogen) atoms. The molecule has 1 fully saturated rings. The van der Waals surface area contributed by atoms with Crippen LogP contribution in [0.15, 0.2) is 30.5 Å². The highest BCUT2D eigenvalue weighted by molar-refractivity contribution is 6.30. The number of amides is 2. The summed E-state index contributed by atoms with van der Waals surface area (Å²) in [6.07, 6.45) is -3.16. The van der Waals surface area contributed by atoms with Crippen LogP contribution in [0.2, 0.25) is 5.02 Å². The fraction of sp³-hybridized carbons (Fsp3) is 0.476. The molecule has 8 nitrogen and oxygen atoms in total. The third-order valence-corrected chi connectivity index (χ3v) is 5.43. The number of piperazine rings is 1. The van der Waals surface area contributed by atoms with Gasteiger partial charge in [0.15, 0.2) is 5.69 Å². The third-order valence-electron chi connectivity index (χ3n) is 5.20. The Morgan fingerprint density at radius 1 is 1.21 bits per heavy atom. The van der Waals surface area contributed by atoms with Gasteiger partial charge in [-0.3, -0.25) is 14.5 Å². The third kappa shape index (κ3) is 6.46. The standard InChI is InChI=1S/C21H25ClF3N5O3/c1-33-11-3-6-26-18(31)14-28-7-9-29(10-8-28)20(32)17-13-27-30(19(17)21(23,24)25)16-5-2-4-15(22)12-16/h2,4-5,12-13H,3,6-11,14H2,1H3,(H,26,31). The lowest BCUT2D eigenvalue weighted by Crippen LogP contribution is -2.51. The highest BCUT2D eigenvalue weighted by atomic mass is 35.5. The van der Waals surface area contributed by atoms with Gasteiger partial charge in [0.25, 0.3) is 5.91 Å². The number of hydrogen-bond acceptors (Lipinski definition) is 5. The van der Waals surface area contributed by atoms with Crippen LogP contribution >= 0.6 is 11.6 Å². The predicted molar refractivity (Wildman–Crippen MR) is 115 cm³/mol. The summed E-state index contributed by atoms with van der Waals surface area (Å²) in [5.41, 5.74) is -1.56. The van der Waals surface area contributed by atoms with E-state index < -0.39 is 23.3 Å². The van der Waals surface area contributed by atoms with Crippen LogP contribution in [-0.4, -0.2) is 84.4 Å². The highest BCUT2D eigenvalue weighted by Crippen LogP contribution is 2.34. The smallest absolute Gasteiger partial charge is 0.385 e. The maximum Gasteiger partial charge on any atom is 0.434 e. The fourth-order valence-electron chi connectivity index (χ4n) is 3.56. The molecule has 1 aromatic carbocycles. The summed E-state index contributed by atoms with van der Waals surface area (Å²) in [6, 6.07) is 5.82. The summed E-state index contributed by atoms with van der Waals surface area (Å²) < 4.78 is 47.3. The minimum absolute atomic E-state index is 0.107. The number of hydrogen-bond donors (Lipinski definition) is 1. The molecule has 1 aliphatic heterocycles. The van der Waals surface area contributed by atoms with E-state index >= 15 is 0 Å². The van der Waals surface area contributed by atoms with Gasteiger partial charge in [-0.15, -0.1) is 0 Å². The first-order valence-electron chi connectivity index (χ1n) is 10.4. The molecule has 1 N–H and O–H groups in total. The Kier molecular flexibility index (Phi) is 8.33. The molecule has 0 saturated carbocycles. The number of methoxy groups -OCH3 is 1. The first kappa shape index (κ1) is 25.0. The minimum Gasteiger partial charge on any atom is -0.385 e. The number of ether oxygens (including phenoxy) is 1. The monoisotopic (exact) mass is 487 g/mol. The van der Waals surface area contributed by atoms with Crippen LogP contribution in [0.5, 0.6) is 0 Å². The molecule has 180 valence electrons. The van der Waals surface area contributed by atoms with Crippen LogP contribution in [0.25, 0.3) is 5.69 Å². The normalized spacial score (nSPS) is 15.0. The second-order valence-corrected chi connectivity index (χ2v) is 8.00. The van der Waals surface area contributed by atoms with Crippen LogP contribution < -0.4 is 5.32 Å². The first-order valence-corrected chi connectivity index (χ1v) is 10.8. The zero-order valence-electron chi connectivity index (χ0n) is 18.1. The Morgan fingerprint density at radius 3 is 2.58 bits per heavy atom. The Morgan fingerprint density at radius 2 is 1.94 bits per heavy atom. The van der Waals surface area contributed by atoms with Crippen molar-refractivity contribution in [1.29, 1.82) is 0 Å². The van der Waals surface area contributed by atoms with E-state index in [0.717, 1.165) is 6.20 Å². The van der Waals surface area contributed by atoms with Crippen molar-refractivity contribution in [2.24, 2.45) is 0 Å². The van der Waals surface area contributed by atoms with Gasteiger partial charge in [-0.2, -0.15) is 18.3 Å². The maximum absolute atomic E-state index is 13.9. The summed E-state index contributed by atoms with van der Waals surface area (Å²) in [4.78, 5) is 28.2. The van der Waals surface area contributed by atoms with E-state index in [1.54, 1.807) is 7.11 Å². The van der Waals surface area contributed by atoms with Crippen molar-refractivity contribution in [1.82, 2.24) is 24.9 Å². The summed E-state index contributed by atoms with van der Waals surface area (Å²) in [7, 11) is 1.59. The number of benzene rings is 1. The lowest BCUT2D eigenvalue weighted by Gasteiger charge is -2.34. The second-order valence-electron chi connectivity index (χ2n) is 7.56. The number of alkyl halides is 3. The SMILES string of the molecule is COCCCNC(=O)CN1CCN(C(=O)c2cnn(-c3cccc(Cl)c3)c2C(F)(F)F)CC1. The molecular formula is C21H25ClF3N5O3. The van der Waals surface area contributed by atoms with Crippen molar-refractivity contribution < 1.29 is 27.5 Å². The largest absolute Gasteiger partial charge is 0.434 e. The zero-order chi connectivity index (χ0) is 24.0. The van der Waals surface area contributed by atoms with Gasteiger partial charge in [0, 0.05) is 51.5 Å². The van der Waals surface area contributed by atoms with Crippen LogP contribution in [0, 0.1) is 0 Å². The van der Waals surface area contributed by atoms with Gasteiger partial charge in [0.05, 0.1) is 24.0 Å².